The van der Waals surface area contributed by atoms with E-state index in [0.717, 1.165) is 68.3 Å². The topological polar surface area (TPSA) is 18.5 Å². The van der Waals surface area contributed by atoms with Gasteiger partial charge < -0.3 is 9.47 Å². The van der Waals surface area contributed by atoms with E-state index in [-0.39, 0.29) is 0 Å². The van der Waals surface area contributed by atoms with Gasteiger partial charge in [0.2, 0.25) is 0 Å². The number of hydrogen-bond donors (Lipinski definition) is 0. The number of rotatable bonds is 72. The highest BCUT2D eigenvalue weighted by molar-refractivity contribution is 6.61. The van der Waals surface area contributed by atoms with Crippen LogP contribution in [0.4, 0.5) is 0 Å². The summed E-state index contributed by atoms with van der Waals surface area (Å²) in [6, 6.07) is 40.7. The third-order valence-corrected chi connectivity index (χ3v) is 31.9. The molecule has 0 aliphatic rings. The smallest absolute Gasteiger partial charge is 0.161 e. The Morgan fingerprint density at radius 2 is 0.377 bits per heavy atom. The number of benzene rings is 14. The van der Waals surface area contributed by atoms with Crippen molar-refractivity contribution >= 4 is 129 Å². The molecule has 0 spiro atoms. The maximum absolute atomic E-state index is 7.25. The van der Waals surface area contributed by atoms with Gasteiger partial charge in [0.15, 0.2) is 11.5 Å². The molecule has 2 atom stereocenters. The van der Waals surface area contributed by atoms with Crippen LogP contribution in [0.3, 0.4) is 0 Å². The van der Waals surface area contributed by atoms with E-state index in [1.54, 1.807) is 59.8 Å². The molecule has 14 rings (SSSR count). The first-order chi connectivity index (χ1) is 63.9. The van der Waals surface area contributed by atoms with Crippen LogP contribution in [0.2, 0.25) is 0 Å². The predicted molar refractivity (Wildman–Crippen MR) is 583 cm³/mol. The van der Waals surface area contributed by atoms with Gasteiger partial charge in [-0.25, -0.2) is 0 Å². The molecule has 0 heterocycles. The molecule has 0 aliphatic heterocycles. The van der Waals surface area contributed by atoms with Crippen LogP contribution >= 0.6 is 0 Å². The fraction of sp³-hybridized carbons (Fsp3) is 0.625. The van der Waals surface area contributed by atoms with E-state index in [0.29, 0.717) is 25.0 Å². The molecule has 0 saturated heterocycles. The molecular formula is C128H182O2. The van der Waals surface area contributed by atoms with Crippen molar-refractivity contribution in [3.8, 4) is 22.6 Å². The first-order valence-electron chi connectivity index (χ1n) is 56.6. The quantitative estimate of drug-likeness (QED) is 0.0215. The molecule has 0 fully saturated rings. The molecule has 0 saturated carbocycles. The maximum Gasteiger partial charge on any atom is 0.161 e. The van der Waals surface area contributed by atoms with Crippen LogP contribution in [-0.2, 0) is 32.1 Å². The van der Waals surface area contributed by atoms with Crippen LogP contribution in [0.15, 0.2) is 91.0 Å². The van der Waals surface area contributed by atoms with Crippen LogP contribution in [0, 0.1) is 23.7 Å². The fourth-order valence-electron chi connectivity index (χ4n) is 24.2. The van der Waals surface area contributed by atoms with E-state index in [4.69, 9.17) is 9.47 Å². The van der Waals surface area contributed by atoms with Crippen LogP contribution in [-0.4, -0.2) is 13.2 Å². The summed E-state index contributed by atoms with van der Waals surface area (Å²) in [7, 11) is 0. The predicted octanol–water partition coefficient (Wildman–Crippen LogP) is 42.6. The van der Waals surface area contributed by atoms with Gasteiger partial charge in [-0.15, -0.1) is 0 Å². The zero-order valence-corrected chi connectivity index (χ0v) is 85.2. The zero-order chi connectivity index (χ0) is 90.3. The summed E-state index contributed by atoms with van der Waals surface area (Å²) in [5.74, 6) is 4.48. The Hall–Kier alpha value is -6.64. The Morgan fingerprint density at radius 1 is 0.177 bits per heavy atom. The van der Waals surface area contributed by atoms with Crippen molar-refractivity contribution < 1.29 is 9.47 Å². The minimum atomic E-state index is 0.594. The maximum atomic E-state index is 7.25. The minimum Gasteiger partial charge on any atom is -0.490 e. The first-order valence-corrected chi connectivity index (χ1v) is 56.6. The van der Waals surface area contributed by atoms with E-state index in [1.807, 2.05) is 0 Å². The molecule has 0 unspecified atom stereocenters. The zero-order valence-electron chi connectivity index (χ0n) is 85.2. The third kappa shape index (κ3) is 25.5. The van der Waals surface area contributed by atoms with Crippen molar-refractivity contribution in [1.29, 1.82) is 0 Å². The van der Waals surface area contributed by atoms with Gasteiger partial charge in [-0.1, -0.05) is 470 Å². The van der Waals surface area contributed by atoms with Gasteiger partial charge in [-0.2, -0.15) is 0 Å². The lowest BCUT2D eigenvalue weighted by Crippen LogP contribution is -2.08. The van der Waals surface area contributed by atoms with E-state index < -0.39 is 0 Å². The van der Waals surface area contributed by atoms with Crippen molar-refractivity contribution in [2.45, 2.75) is 481 Å². The van der Waals surface area contributed by atoms with Crippen molar-refractivity contribution in [3.63, 3.8) is 0 Å². The molecule has 14 aromatic rings. The number of fused-ring (bicyclic) bond motifs is 6. The van der Waals surface area contributed by atoms with Gasteiger partial charge in [0.25, 0.3) is 0 Å². The number of hydrogen-bond acceptors (Lipinski definition) is 2. The molecule has 2 nitrogen and oxygen atoms in total. The van der Waals surface area contributed by atoms with Crippen molar-refractivity contribution in [1.82, 2.24) is 0 Å². The Morgan fingerprint density at radius 3 is 0.592 bits per heavy atom. The number of unbranched alkanes of at least 4 members (excludes halogenated alkanes) is 45. The largest absolute Gasteiger partial charge is 0.490 e. The molecule has 14 aromatic carbocycles. The molecular weight excluding hydrogens is 1570 g/mol. The average Bonchev–Trinajstić information content (AvgIpc) is 0.641. The SMILES string of the molecule is CCCCCCCCCCCCc1cc2c3cc(CCCCCCCCCCCC)cc4c5cc(CCCCCCCCCCCC)cc6c7cc(-c8ccc(OCC[C@H](C)CCCC(C)C)c(OCC[C@H](C)CCCC(C)C)c8)cc8c9cc(CCCCCCCCCCCC)cc%10c%11cc(CCCCCCCCCCCC)cc%12c(c1)c2c1c(c34)c(c56)c(c78)c(c%109)c1c%12%11. The lowest BCUT2D eigenvalue weighted by Gasteiger charge is -2.30. The Bertz CT molecular complexity index is 5310. The van der Waals surface area contributed by atoms with Crippen LogP contribution < -0.4 is 9.47 Å². The highest BCUT2D eigenvalue weighted by Crippen LogP contribution is 2.62. The average molecular weight is 1750 g/mol. The normalized spacial score (nSPS) is 13.1. The molecule has 0 amide bonds. The lowest BCUT2D eigenvalue weighted by atomic mass is 9.72. The summed E-state index contributed by atoms with van der Waals surface area (Å²) in [6.07, 6.45) is 83.1. The summed E-state index contributed by atoms with van der Waals surface area (Å²) in [4.78, 5) is 0. The van der Waals surface area contributed by atoms with Crippen molar-refractivity contribution in [2.75, 3.05) is 13.2 Å². The highest BCUT2D eigenvalue weighted by atomic mass is 16.5. The van der Waals surface area contributed by atoms with Gasteiger partial charge >= 0.3 is 0 Å². The van der Waals surface area contributed by atoms with E-state index >= 15 is 0 Å². The third-order valence-electron chi connectivity index (χ3n) is 31.9. The van der Waals surface area contributed by atoms with Gasteiger partial charge in [-0.05, 0) is 293 Å². The van der Waals surface area contributed by atoms with E-state index in [2.05, 4.69) is 167 Å². The second-order valence-corrected chi connectivity index (χ2v) is 44.0. The van der Waals surface area contributed by atoms with E-state index in [9.17, 15) is 0 Å². The second-order valence-electron chi connectivity index (χ2n) is 44.0. The van der Waals surface area contributed by atoms with Crippen LogP contribution in [0.5, 0.6) is 11.5 Å². The van der Waals surface area contributed by atoms with Gasteiger partial charge in [0.05, 0.1) is 13.2 Å². The highest BCUT2D eigenvalue weighted by Gasteiger charge is 2.34. The monoisotopic (exact) mass is 1750 g/mol. The van der Waals surface area contributed by atoms with Crippen molar-refractivity contribution in [3.05, 3.63) is 119 Å². The molecule has 0 N–H and O–H groups in total. The first kappa shape index (κ1) is 99.3. The number of ether oxygens (including phenoxy) is 2. The molecule has 2 heteroatoms. The van der Waals surface area contributed by atoms with Gasteiger partial charge in [-0.3, -0.25) is 0 Å². The summed E-state index contributed by atoms with van der Waals surface area (Å²) in [6.45, 7) is 27.5. The van der Waals surface area contributed by atoms with Crippen LogP contribution in [0.1, 0.15) is 476 Å². The fourth-order valence-corrected chi connectivity index (χ4v) is 24.2. The summed E-state index contributed by atoms with van der Waals surface area (Å²) in [5, 5.41) is 36.5. The molecule has 130 heavy (non-hydrogen) atoms. The van der Waals surface area contributed by atoms with Crippen molar-refractivity contribution in [2.24, 2.45) is 23.7 Å². The lowest BCUT2D eigenvalue weighted by molar-refractivity contribution is 0.237. The standard InChI is InChI=1S/C128H182O2/c1-12-17-22-27-32-37-42-47-52-57-68-96-79-103-105-81-97(69-58-53-48-43-38-33-28-23-18-13-2)83-107-109-85-99(71-60-55-50-45-40-35-30-25-20-15-4)87-111-113-89-102(101-73-74-115(129-77-75-94(10)66-62-64-92(6)7)116(91-101)130-78-76-95(11)67-63-65-93(8)9)90-114-112-88-100(72-61-56-51-46-41-36-31-26-21-16-5)86-110-108-84-98(70-59-54-49-44-39-34-29-24-19-14-3)82-106-104(80-96)117(103)123-124(118(105)107)126(120(109)111)128(122(113)114)127(121(110)112)125(123)119(106)108/h73-74,79-95H,12-72,75-78H2,1-11H3/t94-,95-/m1/s1. The number of aryl methyl sites for hydroxylation is 5. The summed E-state index contributed by atoms with van der Waals surface area (Å²) < 4.78 is 14.3. The molecule has 0 radical (unpaired) electrons. The molecule has 0 aliphatic carbocycles. The second kappa shape index (κ2) is 51.9. The summed E-state index contributed by atoms with van der Waals surface area (Å²) >= 11 is 0. The van der Waals surface area contributed by atoms with Crippen LogP contribution in [0.25, 0.3) is 140 Å². The Kier molecular flexibility index (Phi) is 39.6. The minimum absolute atomic E-state index is 0.594. The van der Waals surface area contributed by atoms with E-state index in [1.165, 1.54) is 468 Å². The Balaban J connectivity index is 1.01. The molecule has 0 bridgehead atoms. The molecule has 0 aromatic heterocycles. The summed E-state index contributed by atoms with van der Waals surface area (Å²) in [5.41, 5.74) is 10.2. The Labute approximate surface area is 792 Å². The van der Waals surface area contributed by atoms with Gasteiger partial charge in [0.1, 0.15) is 0 Å². The molecule has 706 valence electrons. The van der Waals surface area contributed by atoms with Gasteiger partial charge in [0, 0.05) is 0 Å².